The van der Waals surface area contributed by atoms with Crippen LogP contribution in [0.1, 0.15) is 85.5 Å². The molecule has 15 N–H and O–H groups in total. The highest BCUT2D eigenvalue weighted by molar-refractivity contribution is 7.98. The van der Waals surface area contributed by atoms with E-state index < -0.39 is 90.1 Å². The average molecular weight is 873 g/mol. The molecular weight excluding hydrogens is 805 g/mol. The van der Waals surface area contributed by atoms with Gasteiger partial charge in [-0.2, -0.15) is 23.5 Å². The number of nitrogens with zero attached hydrogens (tertiary/aromatic N) is 1. The number of rotatable bonds is 29. The van der Waals surface area contributed by atoms with Crippen LogP contribution in [0.4, 0.5) is 0 Å². The Balaban J connectivity index is 3.31. The molecule has 0 spiro atoms. The molecule has 0 aliphatic carbocycles. The average Bonchev–Trinajstić information content (AvgIpc) is 3.70. The molecule has 22 heteroatoms. The van der Waals surface area contributed by atoms with Gasteiger partial charge < -0.3 is 60.2 Å². The smallest absolute Gasteiger partial charge is 0.243 e. The molecule has 1 aliphatic heterocycles. The highest BCUT2D eigenvalue weighted by Crippen LogP contribution is 2.12. The van der Waals surface area contributed by atoms with Crippen LogP contribution in [0.2, 0.25) is 0 Å². The maximum Gasteiger partial charge on any atom is 0.243 e. The minimum Gasteiger partial charge on any atom is -0.370 e. The Morgan fingerprint density at radius 3 is 1.53 bits per heavy atom. The molecule has 1 aliphatic rings. The largest absolute Gasteiger partial charge is 0.370 e. The Bertz CT molecular complexity index is 1440. The molecule has 8 amide bonds. The first kappa shape index (κ1) is 52.7. The summed E-state index contributed by atoms with van der Waals surface area (Å²) in [7, 11) is 0. The third kappa shape index (κ3) is 21.5. The molecule has 0 unspecified atom stereocenters. The number of guanidine groups is 1. The Morgan fingerprint density at radius 2 is 1.07 bits per heavy atom. The molecule has 1 saturated heterocycles. The van der Waals surface area contributed by atoms with Crippen molar-refractivity contribution in [1.82, 2.24) is 37.2 Å². The van der Waals surface area contributed by atoms with Crippen molar-refractivity contribution in [2.45, 2.75) is 128 Å². The third-order valence-corrected chi connectivity index (χ3v) is 10.5. The van der Waals surface area contributed by atoms with E-state index in [0.717, 1.165) is 6.42 Å². The molecule has 336 valence electrons. The number of amides is 8. The molecule has 0 aromatic carbocycles. The van der Waals surface area contributed by atoms with Gasteiger partial charge in [0.25, 0.3) is 0 Å². The lowest BCUT2D eigenvalue weighted by atomic mass is 10.0. The Hall–Kier alpha value is -4.31. The highest BCUT2D eigenvalue weighted by Gasteiger charge is 2.34. The molecule has 59 heavy (non-hydrogen) atoms. The third-order valence-electron chi connectivity index (χ3n) is 9.19. The first-order valence-electron chi connectivity index (χ1n) is 20.0. The van der Waals surface area contributed by atoms with E-state index >= 15 is 0 Å². The van der Waals surface area contributed by atoms with E-state index in [2.05, 4.69) is 42.2 Å². The van der Waals surface area contributed by atoms with Crippen LogP contribution in [0, 0.1) is 11.8 Å². The first-order valence-corrected chi connectivity index (χ1v) is 22.7. The molecule has 0 aromatic rings. The Labute approximate surface area is 356 Å². The zero-order valence-electron chi connectivity index (χ0n) is 35.2. The lowest BCUT2D eigenvalue weighted by Crippen LogP contribution is -2.60. The summed E-state index contributed by atoms with van der Waals surface area (Å²) in [6.07, 6.45) is 5.57. The number of thioether (sulfide) groups is 2. The number of carbonyl (C=O) groups is 8. The van der Waals surface area contributed by atoms with Gasteiger partial charge >= 0.3 is 0 Å². The van der Waals surface area contributed by atoms with Crippen molar-refractivity contribution >= 4 is 76.7 Å². The van der Waals surface area contributed by atoms with Gasteiger partial charge in [-0.3, -0.25) is 43.3 Å². The van der Waals surface area contributed by atoms with Crippen molar-refractivity contribution in [3.05, 3.63) is 0 Å². The van der Waals surface area contributed by atoms with Gasteiger partial charge in [0.15, 0.2) is 5.96 Å². The highest BCUT2D eigenvalue weighted by atomic mass is 32.2. The van der Waals surface area contributed by atoms with Crippen LogP contribution in [0.3, 0.4) is 0 Å². The van der Waals surface area contributed by atoms with Gasteiger partial charge in [0.2, 0.25) is 47.3 Å². The first-order chi connectivity index (χ1) is 27.8. The minimum absolute atomic E-state index is 0.0174. The topological polar surface area (TPSA) is 337 Å². The molecule has 20 nitrogen and oxygen atoms in total. The van der Waals surface area contributed by atoms with Gasteiger partial charge in [-0.05, 0) is 93.8 Å². The predicted molar refractivity (Wildman–Crippen MR) is 230 cm³/mol. The minimum atomic E-state index is -1.49. The van der Waals surface area contributed by atoms with Gasteiger partial charge in [0.05, 0.1) is 12.5 Å². The maximum absolute atomic E-state index is 13.9. The zero-order chi connectivity index (χ0) is 44.7. The number of carbonyl (C=O) groups excluding carboxylic acids is 8. The summed E-state index contributed by atoms with van der Waals surface area (Å²) in [6, 6.07) is -7.52. The predicted octanol–water partition coefficient (Wildman–Crippen LogP) is -2.34. The van der Waals surface area contributed by atoms with Crippen LogP contribution in [-0.4, -0.2) is 133 Å². The Morgan fingerprint density at radius 1 is 0.627 bits per heavy atom. The number of hydrogen-bond acceptors (Lipinski definition) is 12. The van der Waals surface area contributed by atoms with Crippen LogP contribution >= 0.6 is 23.5 Å². The van der Waals surface area contributed by atoms with E-state index in [0.29, 0.717) is 24.5 Å². The maximum atomic E-state index is 13.9. The standard InChI is InChI=1S/C37H68N12O8S2/c1-20(2)17-26(30(39)51)47-32(53)23(10-8-14-43-37(40)41)44-35(56)27(18-21(3)4)48-33(54)25(12-16-59-6)46-36(57)28(19-29(38)50)49-34(55)24(11-15-58-5)45-31(52)22-9-7-13-42-22/h20-28,42H,7-19H2,1-6H3,(H2,38,50)(H2,39,51)(H,44,56)(H,45,52)(H,46,57)(H,47,53)(H,48,54)(H,49,55)(H4,40,41,43)/t22-,23-,24-,25-,26-,27-,28-/m0/s1. The van der Waals surface area contributed by atoms with Crippen LogP contribution < -0.4 is 60.2 Å². The summed E-state index contributed by atoms with van der Waals surface area (Å²) in [5, 5.41) is 19.0. The van der Waals surface area contributed by atoms with Crippen LogP contribution in [0.15, 0.2) is 4.99 Å². The fraction of sp³-hybridized carbons (Fsp3) is 0.757. The lowest BCUT2D eigenvalue weighted by molar-refractivity contribution is -0.136. The SMILES string of the molecule is CSCC[C@H](NC(=O)[C@@H]1CCCN1)C(=O)N[C@@H](CC(N)=O)C(=O)N[C@@H](CCSC)C(=O)N[C@@H](CC(C)C)C(=O)N[C@@H](CCCN=C(N)N)C(=O)N[C@@H](CC(C)C)C(N)=O. The zero-order valence-corrected chi connectivity index (χ0v) is 36.9. The van der Waals surface area contributed by atoms with Crippen molar-refractivity contribution in [1.29, 1.82) is 0 Å². The van der Waals surface area contributed by atoms with Gasteiger partial charge in [-0.1, -0.05) is 27.7 Å². The monoisotopic (exact) mass is 872 g/mol. The van der Waals surface area contributed by atoms with Gasteiger partial charge in [0.1, 0.15) is 36.3 Å². The van der Waals surface area contributed by atoms with Gasteiger partial charge in [-0.15, -0.1) is 0 Å². The van der Waals surface area contributed by atoms with Crippen LogP contribution in [0.5, 0.6) is 0 Å². The van der Waals surface area contributed by atoms with E-state index in [9.17, 15) is 38.4 Å². The van der Waals surface area contributed by atoms with E-state index in [1.54, 1.807) is 6.26 Å². The number of primary amides is 2. The number of nitrogens with one attached hydrogen (secondary N) is 7. The molecule has 0 bridgehead atoms. The summed E-state index contributed by atoms with van der Waals surface area (Å²) in [6.45, 7) is 8.21. The summed E-state index contributed by atoms with van der Waals surface area (Å²) in [5.74, 6) is -5.00. The summed E-state index contributed by atoms with van der Waals surface area (Å²) >= 11 is 2.86. The van der Waals surface area contributed by atoms with Crippen molar-refractivity contribution in [3.8, 4) is 0 Å². The van der Waals surface area contributed by atoms with Gasteiger partial charge in [0, 0.05) is 6.54 Å². The van der Waals surface area contributed by atoms with Crippen molar-refractivity contribution < 1.29 is 38.4 Å². The summed E-state index contributed by atoms with van der Waals surface area (Å²) in [4.78, 5) is 110. The second-order valence-electron chi connectivity index (χ2n) is 15.4. The van der Waals surface area contributed by atoms with E-state index in [-0.39, 0.29) is 68.8 Å². The molecule has 1 rings (SSSR count). The Kier molecular flexibility index (Phi) is 25.2. The molecule has 1 fully saturated rings. The molecule has 0 saturated carbocycles. The molecular formula is C37H68N12O8S2. The van der Waals surface area contributed by atoms with Crippen molar-refractivity contribution in [2.75, 3.05) is 37.1 Å². The van der Waals surface area contributed by atoms with Gasteiger partial charge in [-0.25, -0.2) is 0 Å². The fourth-order valence-electron chi connectivity index (χ4n) is 6.15. The van der Waals surface area contributed by atoms with Crippen molar-refractivity contribution in [2.24, 2.45) is 39.8 Å². The lowest BCUT2D eigenvalue weighted by Gasteiger charge is -2.28. The normalized spacial score (nSPS) is 16.7. The summed E-state index contributed by atoms with van der Waals surface area (Å²) in [5.41, 5.74) is 21.9. The van der Waals surface area contributed by atoms with E-state index in [1.807, 2.05) is 34.0 Å². The summed E-state index contributed by atoms with van der Waals surface area (Å²) < 4.78 is 0. The molecule has 0 aromatic heterocycles. The fourth-order valence-corrected chi connectivity index (χ4v) is 7.10. The number of nitrogens with two attached hydrogens (primary N) is 4. The molecule has 7 atom stereocenters. The number of hydrogen-bond donors (Lipinski definition) is 11. The second-order valence-corrected chi connectivity index (χ2v) is 17.3. The van der Waals surface area contributed by atoms with Crippen LogP contribution in [0.25, 0.3) is 0 Å². The van der Waals surface area contributed by atoms with E-state index in [1.165, 1.54) is 23.5 Å². The molecule has 0 radical (unpaired) electrons. The quantitative estimate of drug-likeness (QED) is 0.0214. The second kappa shape index (κ2) is 28.2. The van der Waals surface area contributed by atoms with Crippen molar-refractivity contribution in [3.63, 3.8) is 0 Å². The number of aliphatic imine (C=N–C) groups is 1. The van der Waals surface area contributed by atoms with Crippen LogP contribution in [-0.2, 0) is 38.4 Å². The van der Waals surface area contributed by atoms with E-state index in [4.69, 9.17) is 22.9 Å². The molecule has 1 heterocycles.